The fourth-order valence-corrected chi connectivity index (χ4v) is 3.09. The highest BCUT2D eigenvalue weighted by Crippen LogP contribution is 2.43. The number of thiophene rings is 1. The van der Waals surface area contributed by atoms with Crippen molar-refractivity contribution in [1.82, 2.24) is 5.16 Å². The number of benzene rings is 1. The van der Waals surface area contributed by atoms with Crippen LogP contribution < -0.4 is 10.5 Å². The fourth-order valence-electron chi connectivity index (χ4n) is 1.99. The van der Waals surface area contributed by atoms with Crippen LogP contribution in [0.5, 0.6) is 5.75 Å². The highest BCUT2D eigenvalue weighted by Gasteiger charge is 2.23. The first-order chi connectivity index (χ1) is 10.1. The van der Waals surface area contributed by atoms with Crippen LogP contribution in [0.15, 0.2) is 34.2 Å². The van der Waals surface area contributed by atoms with Gasteiger partial charge in [-0.3, -0.25) is 0 Å². The normalized spacial score (nSPS) is 10.8. The number of hydrogen-bond donors (Lipinski definition) is 1. The van der Waals surface area contributed by atoms with E-state index in [0.717, 1.165) is 4.88 Å². The van der Waals surface area contributed by atoms with Gasteiger partial charge >= 0.3 is 0 Å². The van der Waals surface area contributed by atoms with Crippen LogP contribution in [0, 0.1) is 5.82 Å². The molecule has 7 heteroatoms. The SMILES string of the molecule is COc1csc(-c2onc(N)c2-c2c(F)cccc2Cl)c1. The van der Waals surface area contributed by atoms with Crippen LogP contribution in [0.2, 0.25) is 5.02 Å². The van der Waals surface area contributed by atoms with Crippen molar-refractivity contribution in [3.63, 3.8) is 0 Å². The Labute approximate surface area is 128 Å². The Balaban J connectivity index is 2.22. The van der Waals surface area contributed by atoms with Gasteiger partial charge in [0.15, 0.2) is 11.6 Å². The molecule has 2 aromatic heterocycles. The van der Waals surface area contributed by atoms with Crippen molar-refractivity contribution >= 4 is 28.8 Å². The highest BCUT2D eigenvalue weighted by atomic mass is 35.5. The Morgan fingerprint density at radius 2 is 2.19 bits per heavy atom. The van der Waals surface area contributed by atoms with Gasteiger partial charge in [-0.15, -0.1) is 11.3 Å². The van der Waals surface area contributed by atoms with Crippen molar-refractivity contribution in [3.8, 4) is 27.5 Å². The molecular weight excluding hydrogens is 315 g/mol. The summed E-state index contributed by atoms with van der Waals surface area (Å²) in [6.07, 6.45) is 0. The first-order valence-corrected chi connectivity index (χ1v) is 7.20. The molecule has 3 aromatic rings. The number of hydrogen-bond acceptors (Lipinski definition) is 5. The maximum absolute atomic E-state index is 14.1. The number of nitrogen functional groups attached to an aromatic ring is 1. The highest BCUT2D eigenvalue weighted by molar-refractivity contribution is 7.13. The smallest absolute Gasteiger partial charge is 0.187 e. The van der Waals surface area contributed by atoms with E-state index in [1.54, 1.807) is 24.6 Å². The molecule has 108 valence electrons. The number of anilines is 1. The Morgan fingerprint density at radius 3 is 2.86 bits per heavy atom. The summed E-state index contributed by atoms with van der Waals surface area (Å²) in [7, 11) is 1.56. The lowest BCUT2D eigenvalue weighted by molar-refractivity contribution is 0.416. The largest absolute Gasteiger partial charge is 0.496 e. The van der Waals surface area contributed by atoms with E-state index in [1.807, 2.05) is 0 Å². The van der Waals surface area contributed by atoms with Crippen molar-refractivity contribution in [3.05, 3.63) is 40.5 Å². The third-order valence-electron chi connectivity index (χ3n) is 2.97. The van der Waals surface area contributed by atoms with E-state index in [9.17, 15) is 4.39 Å². The number of ether oxygens (including phenoxy) is 1. The zero-order chi connectivity index (χ0) is 15.0. The summed E-state index contributed by atoms with van der Waals surface area (Å²) in [5.41, 5.74) is 6.36. The van der Waals surface area contributed by atoms with Crippen LogP contribution in [0.1, 0.15) is 0 Å². The lowest BCUT2D eigenvalue weighted by Crippen LogP contribution is -1.92. The number of nitrogens with zero attached hydrogens (tertiary/aromatic N) is 1. The third-order valence-corrected chi connectivity index (χ3v) is 4.19. The molecule has 0 saturated heterocycles. The molecule has 1 aromatic carbocycles. The number of rotatable bonds is 3. The quantitative estimate of drug-likeness (QED) is 0.773. The van der Waals surface area contributed by atoms with Gasteiger partial charge in [0.05, 0.1) is 22.6 Å². The van der Waals surface area contributed by atoms with Crippen molar-refractivity contribution in [2.45, 2.75) is 0 Å². The average Bonchev–Trinajstić information content (AvgIpc) is 3.06. The second-order valence-electron chi connectivity index (χ2n) is 4.22. The average molecular weight is 325 g/mol. The van der Waals surface area contributed by atoms with Crippen LogP contribution in [-0.4, -0.2) is 12.3 Å². The predicted octanol–water partition coefficient (Wildman–Crippen LogP) is 4.45. The number of methoxy groups -OCH3 is 1. The van der Waals surface area contributed by atoms with Crippen LogP contribution in [0.3, 0.4) is 0 Å². The monoisotopic (exact) mass is 324 g/mol. The summed E-state index contributed by atoms with van der Waals surface area (Å²) in [6, 6.07) is 6.19. The predicted molar refractivity (Wildman–Crippen MR) is 81.2 cm³/mol. The molecule has 0 unspecified atom stereocenters. The zero-order valence-electron chi connectivity index (χ0n) is 10.9. The summed E-state index contributed by atoms with van der Waals surface area (Å²) in [6.45, 7) is 0. The van der Waals surface area contributed by atoms with Crippen molar-refractivity contribution < 1.29 is 13.7 Å². The van der Waals surface area contributed by atoms with Crippen LogP contribution >= 0.6 is 22.9 Å². The third kappa shape index (κ3) is 2.36. The van der Waals surface area contributed by atoms with E-state index in [0.29, 0.717) is 17.1 Å². The number of halogens is 2. The summed E-state index contributed by atoms with van der Waals surface area (Å²) in [5, 5.41) is 5.78. The molecule has 0 aliphatic heterocycles. The Bertz CT molecular complexity index is 780. The van der Waals surface area contributed by atoms with E-state index in [4.69, 9.17) is 26.6 Å². The van der Waals surface area contributed by atoms with Crippen molar-refractivity contribution in [1.29, 1.82) is 0 Å². The van der Waals surface area contributed by atoms with Crippen LogP contribution in [-0.2, 0) is 0 Å². The molecular formula is C14H10ClFN2O2S. The molecule has 0 radical (unpaired) electrons. The summed E-state index contributed by atoms with van der Waals surface area (Å²) in [5.74, 6) is 0.648. The molecule has 3 rings (SSSR count). The van der Waals surface area contributed by atoms with E-state index in [-0.39, 0.29) is 16.4 Å². The lowest BCUT2D eigenvalue weighted by atomic mass is 10.0. The summed E-state index contributed by atoms with van der Waals surface area (Å²) >= 11 is 7.48. The molecule has 0 aliphatic rings. The lowest BCUT2D eigenvalue weighted by Gasteiger charge is -2.05. The number of nitrogens with two attached hydrogens (primary N) is 1. The van der Waals surface area contributed by atoms with Gasteiger partial charge in [0.1, 0.15) is 11.6 Å². The molecule has 0 spiro atoms. The molecule has 2 heterocycles. The fraction of sp³-hybridized carbons (Fsp3) is 0.0714. The molecule has 0 fully saturated rings. The summed E-state index contributed by atoms with van der Waals surface area (Å²) in [4.78, 5) is 0.727. The molecule has 4 nitrogen and oxygen atoms in total. The van der Waals surface area contributed by atoms with Crippen LogP contribution in [0.25, 0.3) is 21.8 Å². The van der Waals surface area contributed by atoms with E-state index in [2.05, 4.69) is 5.16 Å². The summed E-state index contributed by atoms with van der Waals surface area (Å²) < 4.78 is 24.5. The minimum Gasteiger partial charge on any atom is -0.496 e. The van der Waals surface area contributed by atoms with Gasteiger partial charge in [0.2, 0.25) is 0 Å². The second-order valence-corrected chi connectivity index (χ2v) is 5.54. The van der Waals surface area contributed by atoms with Crippen LogP contribution in [0.4, 0.5) is 10.2 Å². The van der Waals surface area contributed by atoms with E-state index < -0.39 is 5.82 Å². The van der Waals surface area contributed by atoms with Crippen molar-refractivity contribution in [2.75, 3.05) is 12.8 Å². The molecule has 0 atom stereocenters. The molecule has 0 bridgehead atoms. The van der Waals surface area contributed by atoms with Gasteiger partial charge in [-0.05, 0) is 12.1 Å². The second kappa shape index (κ2) is 5.38. The molecule has 0 saturated carbocycles. The zero-order valence-corrected chi connectivity index (χ0v) is 12.5. The molecule has 2 N–H and O–H groups in total. The minimum atomic E-state index is -0.484. The van der Waals surface area contributed by atoms with Gasteiger partial charge in [-0.1, -0.05) is 22.8 Å². The topological polar surface area (TPSA) is 61.3 Å². The van der Waals surface area contributed by atoms with Gasteiger partial charge in [0.25, 0.3) is 0 Å². The Kier molecular flexibility index (Phi) is 3.57. The van der Waals surface area contributed by atoms with Gasteiger partial charge in [-0.25, -0.2) is 4.39 Å². The maximum Gasteiger partial charge on any atom is 0.187 e. The first kappa shape index (κ1) is 13.9. The molecule has 21 heavy (non-hydrogen) atoms. The Morgan fingerprint density at radius 1 is 1.38 bits per heavy atom. The Hall–Kier alpha value is -2.05. The van der Waals surface area contributed by atoms with E-state index >= 15 is 0 Å². The van der Waals surface area contributed by atoms with Crippen molar-refractivity contribution in [2.24, 2.45) is 0 Å². The standard InChI is InChI=1S/C14H10ClFN2O2S/c1-19-7-5-10(21-6-7)13-12(14(17)18-20-13)11-8(15)3-2-4-9(11)16/h2-6H,1H3,(H2,17,18). The number of aromatic nitrogens is 1. The molecule has 0 aliphatic carbocycles. The molecule has 0 amide bonds. The van der Waals surface area contributed by atoms with E-state index in [1.165, 1.54) is 23.5 Å². The minimum absolute atomic E-state index is 0.0874. The first-order valence-electron chi connectivity index (χ1n) is 5.94. The van der Waals surface area contributed by atoms with Gasteiger partial charge < -0.3 is 15.0 Å². The maximum atomic E-state index is 14.1. The van der Waals surface area contributed by atoms with Gasteiger partial charge in [-0.2, -0.15) is 0 Å². The van der Waals surface area contributed by atoms with Gasteiger partial charge in [0, 0.05) is 17.0 Å².